The van der Waals surface area contributed by atoms with Crippen molar-refractivity contribution in [3.8, 4) is 11.5 Å². The van der Waals surface area contributed by atoms with E-state index in [4.69, 9.17) is 14.2 Å². The van der Waals surface area contributed by atoms with E-state index in [1.807, 2.05) is 37.3 Å². The SMILES string of the molecule is C/C=C/c1ccc(OCC(=O)N[C@H](C[NH+]2CCOCC2)c2ccc(C)cc2)c(OC)c1. The van der Waals surface area contributed by atoms with Gasteiger partial charge in [-0.2, -0.15) is 0 Å². The highest BCUT2D eigenvalue weighted by atomic mass is 16.5. The number of ether oxygens (including phenoxy) is 3. The van der Waals surface area contributed by atoms with Gasteiger partial charge in [0.25, 0.3) is 5.91 Å². The predicted octanol–water partition coefficient (Wildman–Crippen LogP) is 2.19. The molecule has 0 spiro atoms. The van der Waals surface area contributed by atoms with E-state index in [1.165, 1.54) is 10.5 Å². The first kappa shape index (κ1) is 22.8. The summed E-state index contributed by atoms with van der Waals surface area (Å²) in [6.07, 6.45) is 3.95. The largest absolute Gasteiger partial charge is 0.493 e. The van der Waals surface area contributed by atoms with E-state index in [0.29, 0.717) is 11.5 Å². The van der Waals surface area contributed by atoms with Gasteiger partial charge < -0.3 is 24.4 Å². The lowest BCUT2D eigenvalue weighted by atomic mass is 10.0. The fourth-order valence-electron chi connectivity index (χ4n) is 3.68. The maximum Gasteiger partial charge on any atom is 0.258 e. The van der Waals surface area contributed by atoms with Gasteiger partial charge in [0, 0.05) is 0 Å². The quantitative estimate of drug-likeness (QED) is 0.647. The molecular formula is C25H33N2O4+. The van der Waals surface area contributed by atoms with Crippen molar-refractivity contribution in [2.75, 3.05) is 46.6 Å². The molecule has 0 aliphatic carbocycles. The second-order valence-electron chi connectivity index (χ2n) is 7.80. The van der Waals surface area contributed by atoms with Crippen LogP contribution in [0.1, 0.15) is 29.7 Å². The first-order chi connectivity index (χ1) is 15.1. The van der Waals surface area contributed by atoms with Crippen LogP contribution in [0.4, 0.5) is 0 Å². The normalized spacial score (nSPS) is 15.6. The van der Waals surface area contributed by atoms with Crippen molar-refractivity contribution < 1.29 is 23.9 Å². The Labute approximate surface area is 184 Å². The Morgan fingerprint density at radius 1 is 1.16 bits per heavy atom. The number of amides is 1. The predicted molar refractivity (Wildman–Crippen MR) is 122 cm³/mol. The van der Waals surface area contributed by atoms with Gasteiger partial charge in [-0.05, 0) is 37.1 Å². The number of nitrogens with one attached hydrogen (secondary N) is 2. The Morgan fingerprint density at radius 3 is 2.58 bits per heavy atom. The molecule has 6 heteroatoms. The Bertz CT molecular complexity index is 874. The van der Waals surface area contributed by atoms with Crippen LogP contribution in [0, 0.1) is 6.92 Å². The van der Waals surface area contributed by atoms with Crippen molar-refractivity contribution in [1.29, 1.82) is 0 Å². The summed E-state index contributed by atoms with van der Waals surface area (Å²) in [7, 11) is 1.60. The Kier molecular flexibility index (Phi) is 8.50. The van der Waals surface area contributed by atoms with E-state index < -0.39 is 0 Å². The van der Waals surface area contributed by atoms with Gasteiger partial charge in [-0.3, -0.25) is 4.79 Å². The lowest BCUT2D eigenvalue weighted by molar-refractivity contribution is -0.909. The highest BCUT2D eigenvalue weighted by Crippen LogP contribution is 2.28. The number of quaternary nitrogens is 1. The molecule has 0 bridgehead atoms. The molecule has 1 aliphatic heterocycles. The minimum Gasteiger partial charge on any atom is -0.493 e. The van der Waals surface area contributed by atoms with Crippen molar-refractivity contribution >= 4 is 12.0 Å². The lowest BCUT2D eigenvalue weighted by Gasteiger charge is -2.28. The van der Waals surface area contributed by atoms with Crippen molar-refractivity contribution in [3.05, 3.63) is 65.2 Å². The van der Waals surface area contributed by atoms with Crippen LogP contribution in [-0.4, -0.2) is 52.5 Å². The number of morpholine rings is 1. The third-order valence-electron chi connectivity index (χ3n) is 5.41. The minimum atomic E-state index is -0.155. The van der Waals surface area contributed by atoms with Gasteiger partial charge in [0.15, 0.2) is 18.1 Å². The van der Waals surface area contributed by atoms with Crippen LogP contribution >= 0.6 is 0 Å². The van der Waals surface area contributed by atoms with Gasteiger partial charge in [0.1, 0.15) is 25.7 Å². The number of benzene rings is 2. The third kappa shape index (κ3) is 6.84. The molecule has 1 fully saturated rings. The molecule has 166 valence electrons. The van der Waals surface area contributed by atoms with E-state index in [9.17, 15) is 4.79 Å². The number of rotatable bonds is 9. The molecule has 1 amide bonds. The van der Waals surface area contributed by atoms with Gasteiger partial charge >= 0.3 is 0 Å². The van der Waals surface area contributed by atoms with Crippen LogP contribution in [0.25, 0.3) is 6.08 Å². The second-order valence-corrected chi connectivity index (χ2v) is 7.80. The molecule has 0 unspecified atom stereocenters. The first-order valence-corrected chi connectivity index (χ1v) is 10.8. The molecule has 2 aromatic carbocycles. The van der Waals surface area contributed by atoms with Gasteiger partial charge in [-0.15, -0.1) is 0 Å². The maximum atomic E-state index is 12.8. The van der Waals surface area contributed by atoms with Gasteiger partial charge in [-0.1, -0.05) is 48.0 Å². The molecular weight excluding hydrogens is 392 g/mol. The monoisotopic (exact) mass is 425 g/mol. The molecule has 31 heavy (non-hydrogen) atoms. The highest BCUT2D eigenvalue weighted by molar-refractivity contribution is 5.78. The summed E-state index contributed by atoms with van der Waals surface area (Å²) < 4.78 is 16.7. The third-order valence-corrected chi connectivity index (χ3v) is 5.41. The molecule has 1 heterocycles. The molecule has 2 N–H and O–H groups in total. The molecule has 0 saturated carbocycles. The average Bonchev–Trinajstić information content (AvgIpc) is 2.79. The van der Waals surface area contributed by atoms with Crippen LogP contribution in [-0.2, 0) is 9.53 Å². The maximum absolute atomic E-state index is 12.8. The van der Waals surface area contributed by atoms with Crippen molar-refractivity contribution in [2.24, 2.45) is 0 Å². The average molecular weight is 426 g/mol. The van der Waals surface area contributed by atoms with E-state index in [0.717, 1.165) is 44.0 Å². The van der Waals surface area contributed by atoms with E-state index in [-0.39, 0.29) is 18.6 Å². The van der Waals surface area contributed by atoms with Crippen molar-refractivity contribution in [2.45, 2.75) is 19.9 Å². The van der Waals surface area contributed by atoms with Crippen LogP contribution in [0.2, 0.25) is 0 Å². The number of methoxy groups -OCH3 is 1. The summed E-state index contributed by atoms with van der Waals surface area (Å²) in [6.45, 7) is 8.19. The lowest BCUT2D eigenvalue weighted by Crippen LogP contribution is -3.14. The van der Waals surface area contributed by atoms with Crippen LogP contribution in [0.3, 0.4) is 0 Å². The minimum absolute atomic E-state index is 0.0693. The van der Waals surface area contributed by atoms with E-state index in [2.05, 4.69) is 36.5 Å². The zero-order valence-corrected chi connectivity index (χ0v) is 18.6. The standard InChI is InChI=1S/C25H32N2O4/c1-4-5-20-8-11-23(24(16-20)29-3)31-18-25(28)26-22(17-27-12-14-30-15-13-27)21-9-6-19(2)7-10-21/h4-11,16,22H,12-15,17-18H2,1-3H3,(H,26,28)/p+1/b5-4+/t22-/m1/s1. The second kappa shape index (κ2) is 11.5. The summed E-state index contributed by atoms with van der Waals surface area (Å²) in [5.41, 5.74) is 3.32. The summed E-state index contributed by atoms with van der Waals surface area (Å²) in [5.74, 6) is 1.01. The fourth-order valence-corrected chi connectivity index (χ4v) is 3.68. The highest BCUT2D eigenvalue weighted by Gasteiger charge is 2.23. The summed E-state index contributed by atoms with van der Waals surface area (Å²) in [4.78, 5) is 14.2. The molecule has 0 radical (unpaired) electrons. The van der Waals surface area contributed by atoms with Gasteiger partial charge in [0.05, 0.1) is 20.3 Å². The number of carbonyl (C=O) groups is 1. The number of carbonyl (C=O) groups excluding carboxylic acids is 1. The van der Waals surface area contributed by atoms with Crippen LogP contribution in [0.5, 0.6) is 11.5 Å². The zero-order valence-electron chi connectivity index (χ0n) is 18.6. The molecule has 1 saturated heterocycles. The Balaban J connectivity index is 1.65. The molecule has 3 rings (SSSR count). The number of aryl methyl sites for hydroxylation is 1. The molecule has 1 aliphatic rings. The Hall–Kier alpha value is -2.83. The molecule has 1 atom stereocenters. The van der Waals surface area contributed by atoms with Crippen molar-refractivity contribution in [1.82, 2.24) is 5.32 Å². The first-order valence-electron chi connectivity index (χ1n) is 10.8. The fraction of sp³-hybridized carbons (Fsp3) is 0.400. The zero-order chi connectivity index (χ0) is 22.1. The van der Waals surface area contributed by atoms with Crippen LogP contribution < -0.4 is 19.7 Å². The topological polar surface area (TPSA) is 61.2 Å². The number of hydrogen-bond donors (Lipinski definition) is 2. The Morgan fingerprint density at radius 2 is 1.90 bits per heavy atom. The van der Waals surface area contributed by atoms with Crippen LogP contribution in [0.15, 0.2) is 48.5 Å². The van der Waals surface area contributed by atoms with E-state index >= 15 is 0 Å². The van der Waals surface area contributed by atoms with E-state index in [1.54, 1.807) is 7.11 Å². The summed E-state index contributed by atoms with van der Waals surface area (Å²) in [5, 5.41) is 3.16. The van der Waals surface area contributed by atoms with Gasteiger partial charge in [0.2, 0.25) is 0 Å². The summed E-state index contributed by atoms with van der Waals surface area (Å²) in [6, 6.07) is 13.9. The van der Waals surface area contributed by atoms with Crippen molar-refractivity contribution in [3.63, 3.8) is 0 Å². The molecule has 6 nitrogen and oxygen atoms in total. The number of hydrogen-bond acceptors (Lipinski definition) is 4. The smallest absolute Gasteiger partial charge is 0.258 e. The molecule has 0 aromatic heterocycles. The van der Waals surface area contributed by atoms with Gasteiger partial charge in [-0.25, -0.2) is 0 Å². The number of allylic oxidation sites excluding steroid dienone is 1. The molecule has 2 aromatic rings. The summed E-state index contributed by atoms with van der Waals surface area (Å²) >= 11 is 0.